The molecule has 1 atom stereocenters. The van der Waals surface area contributed by atoms with E-state index in [1.165, 1.54) is 4.31 Å². The van der Waals surface area contributed by atoms with Crippen LogP contribution in [0.5, 0.6) is 11.5 Å². The predicted molar refractivity (Wildman–Crippen MR) is 113 cm³/mol. The lowest BCUT2D eigenvalue weighted by atomic mass is 10.2. The first-order valence-corrected chi connectivity index (χ1v) is 11.4. The summed E-state index contributed by atoms with van der Waals surface area (Å²) in [6.45, 7) is 1.22. The molecule has 0 spiro atoms. The van der Waals surface area contributed by atoms with Crippen molar-refractivity contribution in [2.45, 2.75) is 18.9 Å². The second kappa shape index (κ2) is 8.80. The number of benzene rings is 2. The number of fused-ring (bicyclic) bond motifs is 1. The molecule has 2 aromatic carbocycles. The molecule has 1 aliphatic heterocycles. The number of para-hydroxylation sites is 2. The summed E-state index contributed by atoms with van der Waals surface area (Å²) in [6, 6.07) is 19.1. The van der Waals surface area contributed by atoms with Gasteiger partial charge in [0.2, 0.25) is 10.0 Å². The van der Waals surface area contributed by atoms with Crippen LogP contribution in [-0.2, 0) is 10.0 Å². The Morgan fingerprint density at radius 2 is 1.86 bits per heavy atom. The Morgan fingerprint density at radius 1 is 1.03 bits per heavy atom. The summed E-state index contributed by atoms with van der Waals surface area (Å²) in [5.41, 5.74) is 0.800. The number of rotatable bonds is 8. The van der Waals surface area contributed by atoms with Crippen LogP contribution in [0, 0.1) is 0 Å². The number of sulfonamides is 1. The molecule has 0 radical (unpaired) electrons. The zero-order chi connectivity index (χ0) is 20.1. The lowest BCUT2D eigenvalue weighted by molar-refractivity contribution is 0.218. The van der Waals surface area contributed by atoms with Crippen molar-refractivity contribution in [2.75, 3.05) is 25.4 Å². The van der Waals surface area contributed by atoms with Gasteiger partial charge >= 0.3 is 0 Å². The highest BCUT2D eigenvalue weighted by Crippen LogP contribution is 2.27. The fourth-order valence-corrected chi connectivity index (χ4v) is 4.99. The number of aromatic nitrogens is 1. The third kappa shape index (κ3) is 4.86. The Labute approximate surface area is 171 Å². The molecule has 3 aromatic rings. The van der Waals surface area contributed by atoms with Gasteiger partial charge in [0.15, 0.2) is 0 Å². The van der Waals surface area contributed by atoms with E-state index in [2.05, 4.69) is 4.98 Å². The molecule has 152 valence electrons. The summed E-state index contributed by atoms with van der Waals surface area (Å²) in [7, 11) is -3.32. The van der Waals surface area contributed by atoms with Gasteiger partial charge in [-0.05, 0) is 37.1 Å². The van der Waals surface area contributed by atoms with E-state index in [9.17, 15) is 8.42 Å². The van der Waals surface area contributed by atoms with Gasteiger partial charge < -0.3 is 9.47 Å². The van der Waals surface area contributed by atoms with E-state index in [4.69, 9.17) is 9.47 Å². The van der Waals surface area contributed by atoms with Crippen LogP contribution >= 0.6 is 0 Å². The molecule has 7 heteroatoms. The molecule has 1 unspecified atom stereocenters. The Kier molecular flexibility index (Phi) is 5.97. The van der Waals surface area contributed by atoms with E-state index < -0.39 is 10.0 Å². The van der Waals surface area contributed by atoms with Crippen LogP contribution in [0.3, 0.4) is 0 Å². The molecule has 4 rings (SSSR count). The lowest BCUT2D eigenvalue weighted by Gasteiger charge is -2.18. The van der Waals surface area contributed by atoms with Crippen LogP contribution in [0.1, 0.15) is 12.8 Å². The average molecular weight is 413 g/mol. The van der Waals surface area contributed by atoms with Gasteiger partial charge in [0.05, 0.1) is 18.9 Å². The third-order valence-corrected chi connectivity index (χ3v) is 6.87. The lowest BCUT2D eigenvalue weighted by Crippen LogP contribution is -2.33. The van der Waals surface area contributed by atoms with Gasteiger partial charge in [-0.1, -0.05) is 36.4 Å². The van der Waals surface area contributed by atoms with Gasteiger partial charge in [-0.15, -0.1) is 0 Å². The van der Waals surface area contributed by atoms with Crippen molar-refractivity contribution in [3.63, 3.8) is 0 Å². The van der Waals surface area contributed by atoms with E-state index >= 15 is 0 Å². The third-order valence-electron chi connectivity index (χ3n) is 4.95. The SMILES string of the molecule is O=S(=O)(CCCOc1ccccc1)N1CCC(Oc2cccc3cccnc23)C1. The number of pyridine rings is 1. The van der Waals surface area contributed by atoms with Gasteiger partial charge in [0, 0.05) is 18.1 Å². The molecule has 0 bridgehead atoms. The van der Waals surface area contributed by atoms with Crippen LogP contribution in [0.4, 0.5) is 0 Å². The Bertz CT molecular complexity index is 1050. The zero-order valence-corrected chi connectivity index (χ0v) is 16.9. The van der Waals surface area contributed by atoms with Gasteiger partial charge in [-0.3, -0.25) is 4.98 Å². The van der Waals surface area contributed by atoms with Crippen molar-refractivity contribution in [3.8, 4) is 11.5 Å². The van der Waals surface area contributed by atoms with Crippen molar-refractivity contribution in [1.82, 2.24) is 9.29 Å². The van der Waals surface area contributed by atoms with E-state index in [0.29, 0.717) is 38.3 Å². The molecule has 2 heterocycles. The minimum Gasteiger partial charge on any atom is -0.494 e. The first-order chi connectivity index (χ1) is 14.1. The van der Waals surface area contributed by atoms with Crippen LogP contribution in [0.2, 0.25) is 0 Å². The molecule has 1 saturated heterocycles. The summed E-state index contributed by atoms with van der Waals surface area (Å²) in [5.74, 6) is 1.52. The molecule has 1 aromatic heterocycles. The van der Waals surface area contributed by atoms with Gasteiger partial charge in [-0.25, -0.2) is 8.42 Å². The molecule has 0 N–H and O–H groups in total. The highest BCUT2D eigenvalue weighted by Gasteiger charge is 2.32. The van der Waals surface area contributed by atoms with Crippen LogP contribution in [0.25, 0.3) is 10.9 Å². The van der Waals surface area contributed by atoms with E-state index in [1.54, 1.807) is 6.20 Å². The Balaban J connectivity index is 1.30. The molecule has 1 aliphatic rings. The number of nitrogens with zero attached hydrogens (tertiary/aromatic N) is 2. The molecule has 29 heavy (non-hydrogen) atoms. The van der Waals surface area contributed by atoms with Crippen molar-refractivity contribution >= 4 is 20.9 Å². The summed E-state index contributed by atoms with van der Waals surface area (Å²) < 4.78 is 38.5. The molecular weight excluding hydrogens is 388 g/mol. The van der Waals surface area contributed by atoms with Crippen LogP contribution < -0.4 is 9.47 Å². The maximum atomic E-state index is 12.7. The van der Waals surface area contributed by atoms with Crippen molar-refractivity contribution in [2.24, 2.45) is 0 Å². The van der Waals surface area contributed by atoms with Crippen LogP contribution in [-0.4, -0.2) is 49.3 Å². The normalized spacial score (nSPS) is 17.4. The largest absolute Gasteiger partial charge is 0.494 e. The minimum absolute atomic E-state index is 0.0718. The smallest absolute Gasteiger partial charge is 0.214 e. The molecule has 0 aliphatic carbocycles. The van der Waals surface area contributed by atoms with Crippen molar-refractivity contribution in [3.05, 3.63) is 66.9 Å². The molecule has 0 saturated carbocycles. The van der Waals surface area contributed by atoms with Crippen LogP contribution in [0.15, 0.2) is 66.9 Å². The molecule has 1 fully saturated rings. The fraction of sp³-hybridized carbons (Fsp3) is 0.318. The quantitative estimate of drug-likeness (QED) is 0.530. The van der Waals surface area contributed by atoms with Crippen molar-refractivity contribution < 1.29 is 17.9 Å². The molecular formula is C22H24N2O4S. The summed E-state index contributed by atoms with van der Waals surface area (Å²) >= 11 is 0. The minimum atomic E-state index is -3.32. The van der Waals surface area contributed by atoms with Gasteiger partial charge in [-0.2, -0.15) is 4.31 Å². The number of ether oxygens (including phenoxy) is 2. The van der Waals surface area contributed by atoms with E-state index in [1.807, 2.05) is 60.7 Å². The topological polar surface area (TPSA) is 68.7 Å². The fourth-order valence-electron chi connectivity index (χ4n) is 3.47. The van der Waals surface area contributed by atoms with E-state index in [-0.39, 0.29) is 11.9 Å². The Morgan fingerprint density at radius 3 is 2.72 bits per heavy atom. The van der Waals surface area contributed by atoms with Gasteiger partial charge in [0.25, 0.3) is 0 Å². The predicted octanol–water partition coefficient (Wildman–Crippen LogP) is 3.49. The number of hydrogen-bond acceptors (Lipinski definition) is 5. The van der Waals surface area contributed by atoms with Crippen molar-refractivity contribution in [1.29, 1.82) is 0 Å². The van der Waals surface area contributed by atoms with E-state index in [0.717, 1.165) is 16.7 Å². The maximum absolute atomic E-state index is 12.7. The number of hydrogen-bond donors (Lipinski definition) is 0. The van der Waals surface area contributed by atoms with Gasteiger partial charge in [0.1, 0.15) is 23.1 Å². The standard InChI is InChI=1S/C22H24N2O4S/c25-29(26,16-6-15-27-19-9-2-1-3-10-19)24-14-12-20(17-24)28-21-11-4-7-18-8-5-13-23-22(18)21/h1-5,7-11,13,20H,6,12,14-17H2. The maximum Gasteiger partial charge on any atom is 0.214 e. The molecule has 6 nitrogen and oxygen atoms in total. The highest BCUT2D eigenvalue weighted by molar-refractivity contribution is 7.89. The molecule has 0 amide bonds. The summed E-state index contributed by atoms with van der Waals surface area (Å²) in [4.78, 5) is 4.40. The monoisotopic (exact) mass is 412 g/mol. The first kappa shape index (κ1) is 19.7. The summed E-state index contributed by atoms with van der Waals surface area (Å²) in [6.07, 6.45) is 2.69. The second-order valence-electron chi connectivity index (χ2n) is 7.05. The average Bonchev–Trinajstić information content (AvgIpc) is 3.22. The zero-order valence-electron chi connectivity index (χ0n) is 16.1. The second-order valence-corrected chi connectivity index (χ2v) is 9.14. The summed E-state index contributed by atoms with van der Waals surface area (Å²) in [5, 5.41) is 1.01. The highest BCUT2D eigenvalue weighted by atomic mass is 32.2. The Hall–Kier alpha value is -2.64. The first-order valence-electron chi connectivity index (χ1n) is 9.78.